The van der Waals surface area contributed by atoms with Crippen LogP contribution in [0.1, 0.15) is 49.5 Å². The minimum absolute atomic E-state index is 0.0167. The van der Waals surface area contributed by atoms with Crippen LogP contribution in [0.25, 0.3) is 0 Å². The van der Waals surface area contributed by atoms with Crippen LogP contribution in [-0.4, -0.2) is 17.6 Å². The molecule has 0 bridgehead atoms. The quantitative estimate of drug-likeness (QED) is 0.874. The average Bonchev–Trinajstić information content (AvgIpc) is 2.43. The van der Waals surface area contributed by atoms with E-state index in [0.717, 1.165) is 18.4 Å². The molecule has 1 aromatic rings. The van der Waals surface area contributed by atoms with Crippen LogP contribution < -0.4 is 5.32 Å². The molecule has 1 atom stereocenters. The first-order valence-corrected chi connectivity index (χ1v) is 7.15. The Morgan fingerprint density at radius 2 is 1.95 bits per heavy atom. The number of nitrogens with one attached hydrogen (secondary N) is 1. The summed E-state index contributed by atoms with van der Waals surface area (Å²) in [5, 5.41) is 12.9. The lowest BCUT2D eigenvalue weighted by Gasteiger charge is -2.19. The average molecular weight is 261 g/mol. The minimum Gasteiger partial charge on any atom is -0.387 e. The maximum atomic E-state index is 11.5. The van der Waals surface area contributed by atoms with Crippen LogP contribution in [0.5, 0.6) is 0 Å². The van der Waals surface area contributed by atoms with E-state index < -0.39 is 6.10 Å². The van der Waals surface area contributed by atoms with Crippen LogP contribution in [0.15, 0.2) is 18.2 Å². The Morgan fingerprint density at radius 1 is 1.26 bits per heavy atom. The Kier molecular flexibility index (Phi) is 4.59. The van der Waals surface area contributed by atoms with Gasteiger partial charge in [-0.2, -0.15) is 0 Å². The molecular weight excluding hydrogens is 238 g/mol. The van der Waals surface area contributed by atoms with Crippen LogP contribution in [0, 0.1) is 5.92 Å². The first kappa shape index (κ1) is 14.1. The van der Waals surface area contributed by atoms with Gasteiger partial charge in [-0.15, -0.1) is 0 Å². The van der Waals surface area contributed by atoms with Gasteiger partial charge in [0.2, 0.25) is 5.91 Å². The second-order valence-electron chi connectivity index (χ2n) is 5.65. The number of benzene rings is 1. The van der Waals surface area contributed by atoms with Crippen LogP contribution in [0.2, 0.25) is 0 Å². The molecule has 1 aliphatic rings. The molecule has 19 heavy (non-hydrogen) atoms. The standard InChI is InChI=1S/C16H23NO2/c1-11(2)16(19)17-10-15(18)14-8-7-12-5-3-4-6-13(12)9-14/h7-9,11,15,18H,3-6,10H2,1-2H3,(H,17,19). The number of aliphatic hydroxyl groups excluding tert-OH is 1. The van der Waals surface area contributed by atoms with Crippen molar-refractivity contribution in [3.05, 3.63) is 34.9 Å². The highest BCUT2D eigenvalue weighted by Gasteiger charge is 2.15. The molecule has 3 heteroatoms. The zero-order valence-electron chi connectivity index (χ0n) is 11.8. The number of aliphatic hydroxyl groups is 1. The molecule has 0 spiro atoms. The molecule has 0 heterocycles. The maximum absolute atomic E-state index is 11.5. The highest BCUT2D eigenvalue weighted by Crippen LogP contribution is 2.24. The zero-order valence-corrected chi connectivity index (χ0v) is 11.8. The third kappa shape index (κ3) is 3.57. The smallest absolute Gasteiger partial charge is 0.222 e. The van der Waals surface area contributed by atoms with Crippen molar-refractivity contribution in [3.63, 3.8) is 0 Å². The lowest BCUT2D eigenvalue weighted by Crippen LogP contribution is -2.31. The first-order chi connectivity index (χ1) is 9.08. The van der Waals surface area contributed by atoms with Crippen molar-refractivity contribution in [2.24, 2.45) is 5.92 Å². The summed E-state index contributed by atoms with van der Waals surface area (Å²) in [5.74, 6) is -0.0623. The largest absolute Gasteiger partial charge is 0.387 e. The van der Waals surface area contributed by atoms with Crippen molar-refractivity contribution < 1.29 is 9.90 Å². The Labute approximate surface area is 115 Å². The number of rotatable bonds is 4. The van der Waals surface area contributed by atoms with Gasteiger partial charge in [0.15, 0.2) is 0 Å². The second-order valence-corrected chi connectivity index (χ2v) is 5.65. The normalized spacial score (nSPS) is 16.0. The molecule has 0 saturated heterocycles. The topological polar surface area (TPSA) is 49.3 Å². The molecule has 3 nitrogen and oxygen atoms in total. The predicted molar refractivity (Wildman–Crippen MR) is 75.9 cm³/mol. The summed E-state index contributed by atoms with van der Waals surface area (Å²) in [5.41, 5.74) is 3.68. The van der Waals surface area contributed by atoms with Gasteiger partial charge >= 0.3 is 0 Å². The Balaban J connectivity index is 1.99. The Morgan fingerprint density at radius 3 is 2.63 bits per heavy atom. The highest BCUT2D eigenvalue weighted by atomic mass is 16.3. The van der Waals surface area contributed by atoms with E-state index in [-0.39, 0.29) is 18.4 Å². The third-order valence-electron chi connectivity index (χ3n) is 3.75. The fourth-order valence-corrected chi connectivity index (χ4v) is 2.48. The minimum atomic E-state index is -0.616. The van der Waals surface area contributed by atoms with Crippen molar-refractivity contribution in [2.45, 2.75) is 45.6 Å². The molecule has 1 unspecified atom stereocenters. The van der Waals surface area contributed by atoms with Gasteiger partial charge in [-0.1, -0.05) is 32.0 Å². The number of amides is 1. The van der Waals surface area contributed by atoms with Crippen molar-refractivity contribution in [2.75, 3.05) is 6.54 Å². The van der Waals surface area contributed by atoms with Gasteiger partial charge in [-0.05, 0) is 42.4 Å². The summed E-state index contributed by atoms with van der Waals surface area (Å²) in [6.45, 7) is 3.98. The Hall–Kier alpha value is -1.35. The summed E-state index contributed by atoms with van der Waals surface area (Å²) in [4.78, 5) is 11.5. The van der Waals surface area contributed by atoms with Crippen molar-refractivity contribution in [1.82, 2.24) is 5.32 Å². The summed E-state index contributed by atoms with van der Waals surface area (Å²) >= 11 is 0. The second kappa shape index (κ2) is 6.20. The van der Waals surface area contributed by atoms with Gasteiger partial charge in [0, 0.05) is 12.5 Å². The molecule has 1 amide bonds. The number of hydrogen-bond acceptors (Lipinski definition) is 2. The monoisotopic (exact) mass is 261 g/mol. The van der Waals surface area contributed by atoms with Gasteiger partial charge in [-0.3, -0.25) is 4.79 Å². The van der Waals surface area contributed by atoms with Crippen LogP contribution in [0.3, 0.4) is 0 Å². The van der Waals surface area contributed by atoms with Gasteiger partial charge in [-0.25, -0.2) is 0 Å². The number of carbonyl (C=O) groups excluding carboxylic acids is 1. The molecular formula is C16H23NO2. The van der Waals surface area contributed by atoms with E-state index in [4.69, 9.17) is 0 Å². The van der Waals surface area contributed by atoms with E-state index in [1.54, 1.807) is 0 Å². The molecule has 104 valence electrons. The summed E-state index contributed by atoms with van der Waals surface area (Å²) in [6.07, 6.45) is 4.13. The van der Waals surface area contributed by atoms with Gasteiger partial charge < -0.3 is 10.4 Å². The fraction of sp³-hybridized carbons (Fsp3) is 0.562. The van der Waals surface area contributed by atoms with E-state index in [1.807, 2.05) is 19.9 Å². The molecule has 0 radical (unpaired) electrons. The summed E-state index contributed by atoms with van der Waals surface area (Å²) < 4.78 is 0. The van der Waals surface area contributed by atoms with E-state index >= 15 is 0 Å². The van der Waals surface area contributed by atoms with Crippen molar-refractivity contribution in [1.29, 1.82) is 0 Å². The third-order valence-corrected chi connectivity index (χ3v) is 3.75. The number of carbonyl (C=O) groups is 1. The zero-order chi connectivity index (χ0) is 13.8. The molecule has 0 aliphatic heterocycles. The summed E-state index contributed by atoms with van der Waals surface area (Å²) in [7, 11) is 0. The highest BCUT2D eigenvalue weighted by molar-refractivity contribution is 5.77. The first-order valence-electron chi connectivity index (χ1n) is 7.15. The van der Waals surface area contributed by atoms with Crippen molar-refractivity contribution >= 4 is 5.91 Å². The lowest BCUT2D eigenvalue weighted by atomic mass is 9.89. The Bertz CT molecular complexity index is 454. The van der Waals surface area contributed by atoms with Crippen molar-refractivity contribution in [3.8, 4) is 0 Å². The number of hydrogen-bond donors (Lipinski definition) is 2. The molecule has 1 aromatic carbocycles. The van der Waals surface area contributed by atoms with Crippen LogP contribution in [0.4, 0.5) is 0 Å². The molecule has 2 rings (SSSR count). The number of fused-ring (bicyclic) bond motifs is 1. The molecule has 0 saturated carbocycles. The summed E-state index contributed by atoms with van der Waals surface area (Å²) in [6, 6.07) is 6.20. The van der Waals surface area contributed by atoms with E-state index in [0.29, 0.717) is 0 Å². The van der Waals surface area contributed by atoms with E-state index in [1.165, 1.54) is 24.0 Å². The predicted octanol–water partition coefficient (Wildman–Crippen LogP) is 2.37. The van der Waals surface area contributed by atoms with Gasteiger partial charge in [0.25, 0.3) is 0 Å². The lowest BCUT2D eigenvalue weighted by molar-refractivity contribution is -0.124. The van der Waals surface area contributed by atoms with Gasteiger partial charge in [0.1, 0.15) is 0 Å². The van der Waals surface area contributed by atoms with Gasteiger partial charge in [0.05, 0.1) is 6.10 Å². The molecule has 0 fully saturated rings. The molecule has 0 aromatic heterocycles. The van der Waals surface area contributed by atoms with E-state index in [9.17, 15) is 9.90 Å². The SMILES string of the molecule is CC(C)C(=O)NCC(O)c1ccc2c(c1)CCCC2. The van der Waals surface area contributed by atoms with Crippen LogP contribution >= 0.6 is 0 Å². The molecule has 1 aliphatic carbocycles. The molecule has 2 N–H and O–H groups in total. The number of aryl methyl sites for hydroxylation is 2. The fourth-order valence-electron chi connectivity index (χ4n) is 2.48. The van der Waals surface area contributed by atoms with E-state index in [2.05, 4.69) is 17.4 Å². The van der Waals surface area contributed by atoms with Crippen LogP contribution in [-0.2, 0) is 17.6 Å². The maximum Gasteiger partial charge on any atom is 0.222 e.